The largest absolute Gasteiger partial charge is 0.463 e. The van der Waals surface area contributed by atoms with Gasteiger partial charge in [0.1, 0.15) is 11.5 Å². The molecule has 9 heteroatoms. The lowest BCUT2D eigenvalue weighted by atomic mass is 9.96. The number of pyridine rings is 1. The van der Waals surface area contributed by atoms with Crippen molar-refractivity contribution in [2.24, 2.45) is 0 Å². The van der Waals surface area contributed by atoms with Crippen LogP contribution in [0.3, 0.4) is 0 Å². The summed E-state index contributed by atoms with van der Waals surface area (Å²) in [4.78, 5) is 15.4. The molecule has 0 radical (unpaired) electrons. The molecule has 3 N–H and O–H groups in total. The first-order valence-corrected chi connectivity index (χ1v) is 7.03. The van der Waals surface area contributed by atoms with E-state index in [0.717, 1.165) is 6.07 Å². The molecule has 130 valence electrons. The number of nitrogens with zero attached hydrogens (tertiary/aromatic N) is 1. The molecule has 1 atom stereocenters. The number of aromatic nitrogens is 1. The normalized spacial score (nSPS) is 14.0. The van der Waals surface area contributed by atoms with Crippen molar-refractivity contribution in [2.75, 3.05) is 11.9 Å². The van der Waals surface area contributed by atoms with Crippen LogP contribution in [0, 0.1) is 6.92 Å². The van der Waals surface area contributed by atoms with Gasteiger partial charge in [-0.2, -0.15) is 13.2 Å². The van der Waals surface area contributed by atoms with Gasteiger partial charge in [0.05, 0.1) is 11.9 Å². The lowest BCUT2D eigenvalue weighted by molar-refractivity contribution is -0.274. The Kier molecular flexibility index (Phi) is 5.13. The zero-order chi connectivity index (χ0) is 17.8. The maximum Gasteiger partial charge on any atom is 0.424 e. The van der Waals surface area contributed by atoms with Crippen LogP contribution < -0.4 is 10.6 Å². The van der Waals surface area contributed by atoms with Gasteiger partial charge < -0.3 is 20.2 Å². The van der Waals surface area contributed by atoms with E-state index in [0.29, 0.717) is 5.69 Å². The fourth-order valence-electron chi connectivity index (χ4n) is 2.03. The predicted octanol–water partition coefficient (Wildman–Crippen LogP) is 2.94. The molecule has 0 aliphatic rings. The van der Waals surface area contributed by atoms with Crippen molar-refractivity contribution in [1.29, 1.82) is 0 Å². The molecule has 0 saturated heterocycles. The first kappa shape index (κ1) is 17.8. The Labute approximate surface area is 135 Å². The Hall–Kier alpha value is -2.55. The van der Waals surface area contributed by atoms with Gasteiger partial charge in [-0.3, -0.25) is 4.98 Å². The van der Waals surface area contributed by atoms with E-state index >= 15 is 0 Å². The van der Waals surface area contributed by atoms with Crippen LogP contribution in [-0.4, -0.2) is 28.8 Å². The number of aliphatic hydroxyl groups is 1. The lowest BCUT2D eigenvalue weighted by Gasteiger charge is -2.28. The molecule has 2 aromatic rings. The number of carbonyl (C=O) groups is 1. The number of rotatable bonds is 5. The van der Waals surface area contributed by atoms with E-state index in [2.05, 4.69) is 15.6 Å². The molecule has 2 aromatic heterocycles. The molecule has 0 bridgehead atoms. The number of urea groups is 1. The summed E-state index contributed by atoms with van der Waals surface area (Å²) in [5.74, 6) is -0.364. The number of amides is 2. The Bertz CT molecular complexity index is 688. The van der Waals surface area contributed by atoms with Crippen molar-refractivity contribution in [3.63, 3.8) is 0 Å². The summed E-state index contributed by atoms with van der Waals surface area (Å²) in [6, 6.07) is 4.86. The van der Waals surface area contributed by atoms with Crippen molar-refractivity contribution in [2.45, 2.75) is 25.1 Å². The summed E-state index contributed by atoms with van der Waals surface area (Å²) in [6.07, 6.45) is -2.84. The minimum Gasteiger partial charge on any atom is -0.463 e. The molecule has 24 heavy (non-hydrogen) atoms. The highest BCUT2D eigenvalue weighted by molar-refractivity contribution is 5.88. The third-order valence-corrected chi connectivity index (χ3v) is 3.31. The molecule has 2 heterocycles. The third kappa shape index (κ3) is 4.05. The summed E-state index contributed by atoms with van der Waals surface area (Å²) in [7, 11) is 0. The highest BCUT2D eigenvalue weighted by Gasteiger charge is 2.56. The summed E-state index contributed by atoms with van der Waals surface area (Å²) in [5, 5.41) is 14.7. The number of halogens is 3. The molecule has 6 nitrogen and oxygen atoms in total. The smallest absolute Gasteiger partial charge is 0.424 e. The topological polar surface area (TPSA) is 87.4 Å². The van der Waals surface area contributed by atoms with Gasteiger partial charge in [-0.05, 0) is 31.2 Å². The summed E-state index contributed by atoms with van der Waals surface area (Å²) < 4.78 is 44.6. The highest BCUT2D eigenvalue weighted by Crippen LogP contribution is 2.41. The van der Waals surface area contributed by atoms with Crippen molar-refractivity contribution < 1.29 is 27.5 Å². The number of hydrogen-bond acceptors (Lipinski definition) is 4. The molecule has 2 amide bonds. The molecular formula is C15H16F3N3O3. The Balaban J connectivity index is 1.98. The van der Waals surface area contributed by atoms with Crippen LogP contribution in [0.1, 0.15) is 17.9 Å². The summed E-state index contributed by atoms with van der Waals surface area (Å²) >= 11 is 0. The van der Waals surface area contributed by atoms with E-state index in [1.54, 1.807) is 12.1 Å². The minimum atomic E-state index is -4.95. The maximum atomic E-state index is 13.2. The van der Waals surface area contributed by atoms with E-state index in [-0.39, 0.29) is 5.76 Å². The van der Waals surface area contributed by atoms with E-state index in [9.17, 15) is 23.1 Å². The quantitative estimate of drug-likeness (QED) is 0.779. The Morgan fingerprint density at radius 2 is 2.08 bits per heavy atom. The van der Waals surface area contributed by atoms with Crippen LogP contribution in [0.5, 0.6) is 0 Å². The van der Waals surface area contributed by atoms with Gasteiger partial charge in [0, 0.05) is 19.2 Å². The first-order valence-electron chi connectivity index (χ1n) is 7.03. The summed E-state index contributed by atoms with van der Waals surface area (Å²) in [5.41, 5.74) is -2.79. The second-order valence-corrected chi connectivity index (χ2v) is 5.14. The molecule has 2 rings (SSSR count). The molecule has 0 fully saturated rings. The monoisotopic (exact) mass is 343 g/mol. The fraction of sp³-hybridized carbons (Fsp3) is 0.333. The first-order chi connectivity index (χ1) is 11.2. The minimum absolute atomic E-state index is 0.245. The van der Waals surface area contributed by atoms with Gasteiger partial charge >= 0.3 is 12.2 Å². The Morgan fingerprint density at radius 1 is 1.33 bits per heavy atom. The second-order valence-electron chi connectivity index (χ2n) is 5.14. The number of anilines is 1. The molecule has 0 saturated carbocycles. The lowest BCUT2D eigenvalue weighted by Crippen LogP contribution is -2.45. The van der Waals surface area contributed by atoms with Gasteiger partial charge in [-0.25, -0.2) is 4.79 Å². The summed E-state index contributed by atoms with van der Waals surface area (Å²) in [6.45, 7) is 1.06. The second kappa shape index (κ2) is 6.91. The van der Waals surface area contributed by atoms with E-state index in [1.807, 2.05) is 0 Å². The zero-order valence-electron chi connectivity index (χ0n) is 12.7. The number of aryl methyl sites for hydroxylation is 1. The van der Waals surface area contributed by atoms with Crippen LogP contribution in [0.4, 0.5) is 23.7 Å². The number of carbonyl (C=O) groups excluding carboxylic acids is 1. The van der Waals surface area contributed by atoms with Crippen molar-refractivity contribution in [3.05, 3.63) is 48.2 Å². The molecule has 0 unspecified atom stereocenters. The van der Waals surface area contributed by atoms with Crippen molar-refractivity contribution in [1.82, 2.24) is 10.3 Å². The SMILES string of the molecule is Cc1ccc([C@@](O)(CCNC(=O)Nc2cccnc2)C(F)(F)F)o1. The molecular weight excluding hydrogens is 327 g/mol. The van der Waals surface area contributed by atoms with Crippen molar-refractivity contribution in [3.8, 4) is 0 Å². The zero-order valence-corrected chi connectivity index (χ0v) is 12.7. The van der Waals surface area contributed by atoms with Gasteiger partial charge in [-0.15, -0.1) is 0 Å². The highest BCUT2D eigenvalue weighted by atomic mass is 19.4. The maximum absolute atomic E-state index is 13.2. The van der Waals surface area contributed by atoms with Crippen LogP contribution in [0.25, 0.3) is 0 Å². The average Bonchev–Trinajstić information content (AvgIpc) is 2.94. The van der Waals surface area contributed by atoms with Gasteiger partial charge in [0.2, 0.25) is 5.60 Å². The van der Waals surface area contributed by atoms with Gasteiger partial charge in [-0.1, -0.05) is 0 Å². The van der Waals surface area contributed by atoms with Crippen LogP contribution in [0.15, 0.2) is 41.1 Å². The number of hydrogen-bond donors (Lipinski definition) is 3. The van der Waals surface area contributed by atoms with Crippen LogP contribution in [0.2, 0.25) is 0 Å². The van der Waals surface area contributed by atoms with Crippen LogP contribution >= 0.6 is 0 Å². The number of alkyl halides is 3. The fourth-order valence-corrected chi connectivity index (χ4v) is 2.03. The van der Waals surface area contributed by atoms with Crippen LogP contribution in [-0.2, 0) is 5.60 Å². The van der Waals surface area contributed by atoms with E-state index < -0.39 is 36.5 Å². The number of nitrogens with one attached hydrogen (secondary N) is 2. The van der Waals surface area contributed by atoms with Gasteiger partial charge in [0.15, 0.2) is 0 Å². The molecule has 0 aliphatic carbocycles. The van der Waals surface area contributed by atoms with Crippen molar-refractivity contribution >= 4 is 11.7 Å². The number of furan rings is 1. The standard InChI is InChI=1S/C15H16F3N3O3/c1-10-4-5-12(24-10)14(23,15(16,17)18)6-8-20-13(22)21-11-3-2-7-19-9-11/h2-5,7,9,23H,6,8H2,1H3,(H2,20,21,22)/t14-/m0/s1. The molecule has 0 aromatic carbocycles. The average molecular weight is 343 g/mol. The molecule has 0 spiro atoms. The predicted molar refractivity (Wildman–Crippen MR) is 79.3 cm³/mol. The Morgan fingerprint density at radius 3 is 2.62 bits per heavy atom. The molecule has 0 aliphatic heterocycles. The van der Waals surface area contributed by atoms with E-state index in [4.69, 9.17) is 4.42 Å². The van der Waals surface area contributed by atoms with Gasteiger partial charge in [0.25, 0.3) is 0 Å². The van der Waals surface area contributed by atoms with E-state index in [1.165, 1.54) is 25.4 Å². The third-order valence-electron chi connectivity index (χ3n) is 3.31.